The van der Waals surface area contributed by atoms with Gasteiger partial charge in [0.05, 0.1) is 0 Å². The number of carbonyl (C=O) groups is 1. The predicted molar refractivity (Wildman–Crippen MR) is 61.6 cm³/mol. The molecule has 0 unspecified atom stereocenters. The summed E-state index contributed by atoms with van der Waals surface area (Å²) in [6.07, 6.45) is 3.68. The Balaban J connectivity index is 2.41. The van der Waals surface area contributed by atoms with Crippen molar-refractivity contribution in [1.29, 1.82) is 0 Å². The van der Waals surface area contributed by atoms with Crippen LogP contribution in [-0.2, 0) is 11.3 Å². The van der Waals surface area contributed by atoms with Crippen molar-refractivity contribution in [2.24, 2.45) is 5.84 Å². The summed E-state index contributed by atoms with van der Waals surface area (Å²) in [6, 6.07) is 3.64. The molecule has 0 bridgehead atoms. The Labute approximate surface area is 94.2 Å². The SMILES string of the molecule is Cc1cccn(CCCCC(=O)NN)c1=O. The van der Waals surface area contributed by atoms with E-state index in [0.717, 1.165) is 18.4 Å². The van der Waals surface area contributed by atoms with E-state index in [-0.39, 0.29) is 11.5 Å². The largest absolute Gasteiger partial charge is 0.315 e. The number of carbonyl (C=O) groups excluding carboxylic acids is 1. The van der Waals surface area contributed by atoms with E-state index in [1.54, 1.807) is 23.8 Å². The second-order valence-electron chi connectivity index (χ2n) is 3.71. The van der Waals surface area contributed by atoms with Crippen LogP contribution in [0.3, 0.4) is 0 Å². The Morgan fingerprint density at radius 1 is 1.50 bits per heavy atom. The highest BCUT2D eigenvalue weighted by Gasteiger charge is 2.00. The number of aromatic nitrogens is 1. The van der Waals surface area contributed by atoms with Crippen LogP contribution in [-0.4, -0.2) is 10.5 Å². The fraction of sp³-hybridized carbons (Fsp3) is 0.455. The van der Waals surface area contributed by atoms with E-state index in [4.69, 9.17) is 5.84 Å². The molecule has 0 aliphatic carbocycles. The molecular weight excluding hydrogens is 206 g/mol. The minimum absolute atomic E-state index is 0.0331. The first-order valence-corrected chi connectivity index (χ1v) is 5.30. The summed E-state index contributed by atoms with van der Waals surface area (Å²) < 4.78 is 1.66. The molecule has 1 rings (SSSR count). The Morgan fingerprint density at radius 2 is 2.25 bits per heavy atom. The van der Waals surface area contributed by atoms with Crippen LogP contribution in [0.15, 0.2) is 23.1 Å². The number of nitrogens with two attached hydrogens (primary N) is 1. The number of nitrogens with one attached hydrogen (secondary N) is 1. The topological polar surface area (TPSA) is 77.1 Å². The maximum absolute atomic E-state index is 11.6. The average Bonchev–Trinajstić information content (AvgIpc) is 2.29. The van der Waals surface area contributed by atoms with Gasteiger partial charge in [0.15, 0.2) is 0 Å². The van der Waals surface area contributed by atoms with Gasteiger partial charge in [0.1, 0.15) is 0 Å². The first-order chi connectivity index (χ1) is 7.65. The van der Waals surface area contributed by atoms with Crippen molar-refractivity contribution in [1.82, 2.24) is 9.99 Å². The molecule has 1 aromatic heterocycles. The summed E-state index contributed by atoms with van der Waals surface area (Å²) in [5.74, 6) is 4.78. The van der Waals surface area contributed by atoms with Crippen molar-refractivity contribution >= 4 is 5.91 Å². The Hall–Kier alpha value is -1.62. The molecule has 0 fully saturated rings. The summed E-state index contributed by atoms with van der Waals surface area (Å²) in [5.41, 5.74) is 2.85. The average molecular weight is 223 g/mol. The second kappa shape index (κ2) is 6.07. The van der Waals surface area contributed by atoms with Crippen LogP contribution >= 0.6 is 0 Å². The fourth-order valence-electron chi connectivity index (χ4n) is 1.47. The normalized spacial score (nSPS) is 10.1. The van der Waals surface area contributed by atoms with Crippen LogP contribution in [0.1, 0.15) is 24.8 Å². The standard InChI is InChI=1S/C11H17N3O2/c1-9-5-4-8-14(11(9)16)7-3-2-6-10(15)13-12/h4-5,8H,2-3,6-7,12H2,1H3,(H,13,15). The lowest BCUT2D eigenvalue weighted by Crippen LogP contribution is -2.29. The van der Waals surface area contributed by atoms with Gasteiger partial charge in [-0.25, -0.2) is 5.84 Å². The van der Waals surface area contributed by atoms with Crippen molar-refractivity contribution in [3.63, 3.8) is 0 Å². The zero-order chi connectivity index (χ0) is 12.0. The molecule has 1 heterocycles. The molecule has 0 radical (unpaired) electrons. The molecule has 0 spiro atoms. The van der Waals surface area contributed by atoms with Crippen LogP contribution in [0.4, 0.5) is 0 Å². The summed E-state index contributed by atoms with van der Waals surface area (Å²) in [4.78, 5) is 22.5. The summed E-state index contributed by atoms with van der Waals surface area (Å²) in [5, 5.41) is 0. The molecule has 0 saturated carbocycles. The zero-order valence-corrected chi connectivity index (χ0v) is 9.40. The fourth-order valence-corrected chi connectivity index (χ4v) is 1.47. The Kier molecular flexibility index (Phi) is 4.72. The highest BCUT2D eigenvalue weighted by molar-refractivity contribution is 5.74. The van der Waals surface area contributed by atoms with Gasteiger partial charge in [0, 0.05) is 24.7 Å². The maximum atomic E-state index is 11.6. The molecule has 0 aliphatic rings. The van der Waals surface area contributed by atoms with Gasteiger partial charge in [0.25, 0.3) is 5.56 Å². The van der Waals surface area contributed by atoms with Crippen molar-refractivity contribution in [2.75, 3.05) is 0 Å². The van der Waals surface area contributed by atoms with Crippen molar-refractivity contribution in [3.05, 3.63) is 34.2 Å². The molecule has 0 atom stereocenters. The molecule has 0 saturated heterocycles. The number of hydrogen-bond acceptors (Lipinski definition) is 3. The summed E-state index contributed by atoms with van der Waals surface area (Å²) >= 11 is 0. The smallest absolute Gasteiger partial charge is 0.253 e. The van der Waals surface area contributed by atoms with E-state index in [0.29, 0.717) is 13.0 Å². The van der Waals surface area contributed by atoms with Crippen LogP contribution < -0.4 is 16.8 Å². The van der Waals surface area contributed by atoms with E-state index in [2.05, 4.69) is 5.43 Å². The molecule has 1 aromatic rings. The second-order valence-corrected chi connectivity index (χ2v) is 3.71. The first kappa shape index (κ1) is 12.4. The van der Waals surface area contributed by atoms with Gasteiger partial charge < -0.3 is 4.57 Å². The summed E-state index contributed by atoms with van der Waals surface area (Å²) in [6.45, 7) is 2.43. The van der Waals surface area contributed by atoms with Crippen molar-refractivity contribution in [3.8, 4) is 0 Å². The molecular formula is C11H17N3O2. The van der Waals surface area contributed by atoms with E-state index in [1.807, 2.05) is 6.07 Å². The molecule has 0 aliphatic heterocycles. The van der Waals surface area contributed by atoms with E-state index >= 15 is 0 Å². The van der Waals surface area contributed by atoms with Crippen molar-refractivity contribution < 1.29 is 4.79 Å². The van der Waals surface area contributed by atoms with Crippen LogP contribution in [0.25, 0.3) is 0 Å². The molecule has 16 heavy (non-hydrogen) atoms. The Morgan fingerprint density at radius 3 is 2.94 bits per heavy atom. The van der Waals surface area contributed by atoms with Gasteiger partial charge in [0.2, 0.25) is 5.91 Å². The number of pyridine rings is 1. The number of rotatable bonds is 5. The lowest BCUT2D eigenvalue weighted by atomic mass is 10.2. The third-order valence-electron chi connectivity index (χ3n) is 2.42. The zero-order valence-electron chi connectivity index (χ0n) is 9.40. The van der Waals surface area contributed by atoms with Gasteiger partial charge >= 0.3 is 0 Å². The molecule has 5 heteroatoms. The molecule has 88 valence electrons. The van der Waals surface area contributed by atoms with E-state index in [9.17, 15) is 9.59 Å². The molecule has 1 amide bonds. The third kappa shape index (κ3) is 3.51. The van der Waals surface area contributed by atoms with Gasteiger partial charge in [-0.05, 0) is 25.8 Å². The van der Waals surface area contributed by atoms with Crippen molar-refractivity contribution in [2.45, 2.75) is 32.7 Å². The molecule has 0 aromatic carbocycles. The highest BCUT2D eigenvalue weighted by atomic mass is 16.2. The van der Waals surface area contributed by atoms with E-state index in [1.165, 1.54) is 0 Å². The number of hydrogen-bond donors (Lipinski definition) is 2. The number of aryl methyl sites for hydroxylation is 2. The van der Waals surface area contributed by atoms with E-state index < -0.39 is 0 Å². The number of unbranched alkanes of at least 4 members (excludes halogenated alkanes) is 1. The van der Waals surface area contributed by atoms with Crippen LogP contribution in [0.2, 0.25) is 0 Å². The van der Waals surface area contributed by atoms with Gasteiger partial charge in [-0.15, -0.1) is 0 Å². The third-order valence-corrected chi connectivity index (χ3v) is 2.42. The molecule has 5 nitrogen and oxygen atoms in total. The highest BCUT2D eigenvalue weighted by Crippen LogP contribution is 1.98. The quantitative estimate of drug-likeness (QED) is 0.326. The lowest BCUT2D eigenvalue weighted by Gasteiger charge is -2.05. The number of nitrogens with zero attached hydrogens (tertiary/aromatic N) is 1. The first-order valence-electron chi connectivity index (χ1n) is 5.30. The maximum Gasteiger partial charge on any atom is 0.253 e. The van der Waals surface area contributed by atoms with Gasteiger partial charge in [-0.2, -0.15) is 0 Å². The minimum atomic E-state index is -0.170. The lowest BCUT2D eigenvalue weighted by molar-refractivity contribution is -0.121. The number of hydrazine groups is 1. The van der Waals surface area contributed by atoms with Gasteiger partial charge in [-0.1, -0.05) is 6.07 Å². The minimum Gasteiger partial charge on any atom is -0.315 e. The monoisotopic (exact) mass is 223 g/mol. The predicted octanol–water partition coefficient (Wildman–Crippen LogP) is 0.317. The van der Waals surface area contributed by atoms with Crippen LogP contribution in [0, 0.1) is 6.92 Å². The van der Waals surface area contributed by atoms with Gasteiger partial charge in [-0.3, -0.25) is 15.0 Å². The summed E-state index contributed by atoms with van der Waals surface area (Å²) in [7, 11) is 0. The van der Waals surface area contributed by atoms with Crippen LogP contribution in [0.5, 0.6) is 0 Å². The molecule has 3 N–H and O–H groups in total. The Bertz CT molecular complexity index is 412. The number of amides is 1.